The quantitative estimate of drug-likeness (QED) is 0.327. The summed E-state index contributed by atoms with van der Waals surface area (Å²) in [6.07, 6.45) is 0.250. The van der Waals surface area contributed by atoms with Crippen LogP contribution < -0.4 is 0 Å². The van der Waals surface area contributed by atoms with Crippen molar-refractivity contribution in [1.29, 1.82) is 0 Å². The zero-order valence-corrected chi connectivity index (χ0v) is 3.74. The first kappa shape index (κ1) is 4.92. The normalized spacial score (nSPS) is 6.40. The molecule has 0 aromatic rings. The summed E-state index contributed by atoms with van der Waals surface area (Å²) in [6.45, 7) is 0. The Balaban J connectivity index is 3.20. The van der Waals surface area contributed by atoms with Gasteiger partial charge < -0.3 is 0 Å². The van der Waals surface area contributed by atoms with Crippen molar-refractivity contribution in [2.24, 2.45) is 0 Å². The summed E-state index contributed by atoms with van der Waals surface area (Å²) >= 11 is 1.60. The van der Waals surface area contributed by atoms with Crippen LogP contribution in [0.25, 0.3) is 0 Å². The van der Waals surface area contributed by atoms with E-state index in [0.717, 1.165) is 0 Å². The van der Waals surface area contributed by atoms with Crippen LogP contribution in [0.4, 0.5) is 0 Å². The number of carbonyl (C=O) groups is 2. The van der Waals surface area contributed by atoms with E-state index in [1.807, 2.05) is 0 Å². The van der Waals surface area contributed by atoms with E-state index < -0.39 is 4.49 Å². The van der Waals surface area contributed by atoms with Gasteiger partial charge in [0.25, 0.3) is 0 Å². The van der Waals surface area contributed by atoms with Crippen molar-refractivity contribution < 1.29 is 27.0 Å². The molecule has 0 spiro atoms. The number of carbonyl (C=O) groups excluding carboxylic acids is 2. The van der Waals surface area contributed by atoms with Gasteiger partial charge in [-0.1, -0.05) is 0 Å². The molecular formula is C2HO2V. The Kier molecular flexibility index (Phi) is 2.15. The summed E-state index contributed by atoms with van der Waals surface area (Å²) < 4.78 is -0.488. The van der Waals surface area contributed by atoms with Gasteiger partial charge in [-0.15, -0.1) is 0 Å². The van der Waals surface area contributed by atoms with E-state index in [1.54, 1.807) is 17.4 Å². The second kappa shape index (κ2) is 2.18. The topological polar surface area (TPSA) is 34.1 Å². The zero-order valence-electron chi connectivity index (χ0n) is 2.34. The third-order valence-electron chi connectivity index (χ3n) is 0.101. The van der Waals surface area contributed by atoms with Gasteiger partial charge in [0.2, 0.25) is 0 Å². The van der Waals surface area contributed by atoms with Gasteiger partial charge in [0, 0.05) is 0 Å². The fraction of sp³-hybridized carbons (Fsp3) is 0. The van der Waals surface area contributed by atoms with E-state index in [4.69, 9.17) is 4.79 Å². The van der Waals surface area contributed by atoms with Crippen LogP contribution in [0.2, 0.25) is 0 Å². The molecule has 0 heterocycles. The summed E-state index contributed by atoms with van der Waals surface area (Å²) in [5.41, 5.74) is 0. The summed E-state index contributed by atoms with van der Waals surface area (Å²) in [5.74, 6) is 0. The molecule has 0 unspecified atom stereocenters. The number of hydrogen-bond acceptors (Lipinski definition) is 2. The average molecular weight is 108 g/mol. The van der Waals surface area contributed by atoms with Gasteiger partial charge in [-0.25, -0.2) is 0 Å². The van der Waals surface area contributed by atoms with Crippen molar-refractivity contribution in [3.63, 3.8) is 0 Å². The Labute approximate surface area is 38.5 Å². The Morgan fingerprint density at radius 3 is 2.00 bits per heavy atom. The molecule has 0 aliphatic rings. The van der Waals surface area contributed by atoms with Gasteiger partial charge in [-0.05, 0) is 0 Å². The third-order valence-corrected chi connectivity index (χ3v) is 0.265. The van der Waals surface area contributed by atoms with Crippen LogP contribution in [0, 0.1) is 0 Å². The van der Waals surface area contributed by atoms with Crippen LogP contribution in [0.5, 0.6) is 0 Å². The maximum absolute atomic E-state index is 9.42. The Bertz CT molecular complexity index is 58.7. The monoisotopic (exact) mass is 108 g/mol. The van der Waals surface area contributed by atoms with Crippen molar-refractivity contribution in [2.75, 3.05) is 0 Å². The van der Waals surface area contributed by atoms with E-state index in [2.05, 4.69) is 0 Å². The molecule has 0 aliphatic heterocycles. The molecule has 0 aromatic heterocycles. The van der Waals surface area contributed by atoms with Crippen LogP contribution >= 0.6 is 0 Å². The van der Waals surface area contributed by atoms with Crippen LogP contribution in [-0.2, 0) is 27.0 Å². The molecular weight excluding hydrogens is 107 g/mol. The second-order valence-corrected chi connectivity index (χ2v) is 1.14. The summed E-state index contributed by atoms with van der Waals surface area (Å²) in [6, 6.07) is 0. The van der Waals surface area contributed by atoms with Crippen molar-refractivity contribution in [3.8, 4) is 0 Å². The molecule has 0 radical (unpaired) electrons. The molecule has 0 atom stereocenters. The second-order valence-electron chi connectivity index (χ2n) is 0.456. The molecule has 0 aliphatic carbocycles. The van der Waals surface area contributed by atoms with E-state index in [0.29, 0.717) is 0 Å². The van der Waals surface area contributed by atoms with Gasteiger partial charge in [-0.2, -0.15) is 0 Å². The fourth-order valence-corrected chi connectivity index (χ4v) is 0. The van der Waals surface area contributed by atoms with Crippen molar-refractivity contribution in [1.82, 2.24) is 0 Å². The van der Waals surface area contributed by atoms with Crippen molar-refractivity contribution in [3.05, 3.63) is 0 Å². The number of rotatable bonds is 1. The first-order valence-electron chi connectivity index (χ1n) is 0.952. The molecule has 0 saturated heterocycles. The maximum atomic E-state index is 9.42. The summed E-state index contributed by atoms with van der Waals surface area (Å²) in [4.78, 5) is 18.6. The zero-order chi connectivity index (χ0) is 4.28. The number of aldehydes is 1. The van der Waals surface area contributed by atoms with Crippen LogP contribution in [0.15, 0.2) is 0 Å². The number of hydrogen-bond donors (Lipinski definition) is 0. The predicted octanol–water partition coefficient (Wildman–Crippen LogP) is -0.741. The van der Waals surface area contributed by atoms with Gasteiger partial charge in [0.1, 0.15) is 0 Å². The molecule has 0 amide bonds. The SMILES string of the molecule is O=C[C](=O)[V]. The minimum atomic E-state index is -0.488. The van der Waals surface area contributed by atoms with Gasteiger partial charge in [0.15, 0.2) is 0 Å². The molecule has 0 aromatic carbocycles. The summed E-state index contributed by atoms with van der Waals surface area (Å²) in [5, 5.41) is 0. The van der Waals surface area contributed by atoms with E-state index in [9.17, 15) is 4.79 Å². The van der Waals surface area contributed by atoms with E-state index >= 15 is 0 Å². The average Bonchev–Trinajstić information content (AvgIpc) is 1.38. The van der Waals surface area contributed by atoms with Crippen LogP contribution in [0.3, 0.4) is 0 Å². The Hall–Kier alpha value is -0.0756. The van der Waals surface area contributed by atoms with Gasteiger partial charge >= 0.3 is 37.8 Å². The molecule has 2 nitrogen and oxygen atoms in total. The Morgan fingerprint density at radius 2 is 2.00 bits per heavy atom. The van der Waals surface area contributed by atoms with Crippen molar-refractivity contribution in [2.45, 2.75) is 0 Å². The first-order chi connectivity index (χ1) is 2.27. The molecule has 0 saturated carbocycles. The first-order valence-corrected chi connectivity index (χ1v) is 1.65. The van der Waals surface area contributed by atoms with Crippen LogP contribution in [0.1, 0.15) is 0 Å². The van der Waals surface area contributed by atoms with Crippen molar-refractivity contribution >= 4 is 10.8 Å². The molecule has 0 fully saturated rings. The predicted molar refractivity (Wildman–Crippen MR) is 11.1 cm³/mol. The molecule has 0 rings (SSSR count). The Morgan fingerprint density at radius 1 is 1.80 bits per heavy atom. The van der Waals surface area contributed by atoms with Crippen LogP contribution in [-0.4, -0.2) is 10.8 Å². The summed E-state index contributed by atoms with van der Waals surface area (Å²) in [7, 11) is 0. The fourth-order valence-electron chi connectivity index (χ4n) is 0. The van der Waals surface area contributed by atoms with Gasteiger partial charge in [0.05, 0.1) is 0 Å². The van der Waals surface area contributed by atoms with Gasteiger partial charge in [-0.3, -0.25) is 0 Å². The standard InChI is InChI=1S/C2HO2.V/c3-1-2-4;/h1H;. The molecule has 0 bridgehead atoms. The molecule has 3 heteroatoms. The van der Waals surface area contributed by atoms with E-state index in [-0.39, 0.29) is 6.29 Å². The molecule has 26 valence electrons. The van der Waals surface area contributed by atoms with E-state index in [1.165, 1.54) is 0 Å². The third kappa shape index (κ3) is 3.92. The molecule has 5 heavy (non-hydrogen) atoms. The minimum absolute atomic E-state index is 0.250. The molecule has 0 N–H and O–H groups in total.